The fraction of sp³-hybridized carbons (Fsp3) is 0.455. The predicted octanol–water partition coefficient (Wildman–Crippen LogP) is 2.17. The molecule has 1 aromatic rings. The zero-order valence-corrected chi connectivity index (χ0v) is 11.6. The highest BCUT2D eigenvalue weighted by Crippen LogP contribution is 2.31. The summed E-state index contributed by atoms with van der Waals surface area (Å²) in [6, 6.07) is 6.91. The quantitative estimate of drug-likeness (QED) is 0.668. The highest BCUT2D eigenvalue weighted by Gasteiger charge is 2.33. The minimum absolute atomic E-state index is 0.325. The largest absolute Gasteiger partial charge is 0.358 e. The van der Waals surface area contributed by atoms with Gasteiger partial charge in [0.2, 0.25) is 10.0 Å². The molecule has 1 aromatic carbocycles. The molecule has 0 radical (unpaired) electrons. The Kier molecular flexibility index (Phi) is 4.19. The van der Waals surface area contributed by atoms with E-state index in [1.165, 1.54) is 0 Å². The summed E-state index contributed by atoms with van der Waals surface area (Å²) in [6.07, 6.45) is 1.39. The van der Waals surface area contributed by atoms with Crippen LogP contribution in [0.1, 0.15) is 24.6 Å². The molecule has 0 aromatic heterocycles. The molecule has 1 aliphatic heterocycles. The Hall–Kier alpha value is -0.430. The number of hydrogen-bond donors (Lipinski definition) is 1. The van der Waals surface area contributed by atoms with E-state index in [-0.39, 0.29) is 0 Å². The zero-order chi connectivity index (χ0) is 12.3. The molecule has 0 aliphatic carbocycles. The smallest absolute Gasteiger partial charge is 0.243 e. The average Bonchev–Trinajstić information content (AvgIpc) is 2.58. The van der Waals surface area contributed by atoms with Gasteiger partial charge in [-0.2, -0.15) is 4.72 Å². The second-order valence-electron chi connectivity index (χ2n) is 3.81. The molecule has 0 spiro atoms. The van der Waals surface area contributed by atoms with E-state index in [4.69, 9.17) is 4.74 Å². The molecule has 94 valence electrons. The van der Waals surface area contributed by atoms with Gasteiger partial charge in [-0.3, -0.25) is 0 Å². The van der Waals surface area contributed by atoms with Gasteiger partial charge in [0.25, 0.3) is 0 Å². The van der Waals surface area contributed by atoms with Crippen LogP contribution in [-0.2, 0) is 14.8 Å². The molecule has 0 fully saturated rings. The predicted molar refractivity (Wildman–Crippen MR) is 68.5 cm³/mol. The Bertz CT molecular complexity index is 489. The van der Waals surface area contributed by atoms with Gasteiger partial charge in [-0.15, -0.1) is 0 Å². The first-order valence-electron chi connectivity index (χ1n) is 5.44. The van der Waals surface area contributed by atoms with Crippen molar-refractivity contribution in [2.24, 2.45) is 0 Å². The molecule has 6 heteroatoms. The molecular formula is C11H14BrNO3S. The number of rotatable bonds is 5. The lowest BCUT2D eigenvalue weighted by Gasteiger charge is -2.11. The molecule has 1 N–H and O–H groups in total. The third kappa shape index (κ3) is 2.88. The van der Waals surface area contributed by atoms with Crippen LogP contribution in [0.2, 0.25) is 0 Å². The van der Waals surface area contributed by atoms with Crippen LogP contribution < -0.4 is 4.72 Å². The fourth-order valence-corrected chi connectivity index (χ4v) is 3.47. The minimum atomic E-state index is -3.38. The maximum absolute atomic E-state index is 11.8. The number of alkyl halides is 1. The first-order chi connectivity index (χ1) is 8.15. The average molecular weight is 320 g/mol. The molecule has 0 bridgehead atoms. The summed E-state index contributed by atoms with van der Waals surface area (Å²) in [5.41, 5.74) is 0.700. The molecule has 17 heavy (non-hydrogen) atoms. The lowest BCUT2D eigenvalue weighted by atomic mass is 10.2. The van der Waals surface area contributed by atoms with Crippen LogP contribution in [-0.4, -0.2) is 20.4 Å². The summed E-state index contributed by atoms with van der Waals surface area (Å²) in [5, 5.41) is 0.934. The van der Waals surface area contributed by atoms with E-state index in [0.29, 0.717) is 17.1 Å². The molecule has 0 saturated heterocycles. The Morgan fingerprint density at radius 2 is 2.06 bits per heavy atom. The van der Waals surface area contributed by atoms with Crippen molar-refractivity contribution >= 4 is 26.0 Å². The molecule has 0 saturated carbocycles. The van der Waals surface area contributed by atoms with Gasteiger partial charge < -0.3 is 4.74 Å². The molecule has 0 amide bonds. The van der Waals surface area contributed by atoms with Crippen LogP contribution in [0.4, 0.5) is 0 Å². The van der Waals surface area contributed by atoms with Crippen LogP contribution in [0.25, 0.3) is 0 Å². The van der Waals surface area contributed by atoms with Crippen LogP contribution >= 0.6 is 15.9 Å². The van der Waals surface area contributed by atoms with Gasteiger partial charge in [0.1, 0.15) is 6.23 Å². The molecular weight excluding hydrogens is 306 g/mol. The third-order valence-corrected chi connectivity index (χ3v) is 4.60. The molecule has 1 unspecified atom stereocenters. The van der Waals surface area contributed by atoms with Crippen LogP contribution in [0.5, 0.6) is 0 Å². The summed E-state index contributed by atoms with van der Waals surface area (Å²) in [4.78, 5) is 0.325. The maximum Gasteiger partial charge on any atom is 0.243 e. The van der Waals surface area contributed by atoms with Crippen molar-refractivity contribution in [1.29, 1.82) is 0 Å². The standard InChI is InChI=1S/C11H14BrNO3S/c12-7-3-4-8-16-11-9-5-1-2-6-10(9)17(14,15)13-11/h1-2,5-6,11,13H,3-4,7-8H2. The van der Waals surface area contributed by atoms with Gasteiger partial charge in [-0.05, 0) is 18.9 Å². The van der Waals surface area contributed by atoms with Crippen LogP contribution in [0.3, 0.4) is 0 Å². The Morgan fingerprint density at radius 1 is 1.29 bits per heavy atom. The number of hydrogen-bond acceptors (Lipinski definition) is 3. The van der Waals surface area contributed by atoms with E-state index in [0.717, 1.165) is 18.2 Å². The van der Waals surface area contributed by atoms with E-state index in [1.807, 2.05) is 6.07 Å². The Morgan fingerprint density at radius 3 is 2.82 bits per heavy atom. The number of ether oxygens (including phenoxy) is 1. The number of unbranched alkanes of at least 4 members (excludes halogenated alkanes) is 1. The SMILES string of the molecule is O=S1(=O)NC(OCCCCBr)c2ccccc21. The summed E-state index contributed by atoms with van der Waals surface area (Å²) >= 11 is 3.34. The van der Waals surface area contributed by atoms with Gasteiger partial charge >= 0.3 is 0 Å². The van der Waals surface area contributed by atoms with E-state index in [9.17, 15) is 8.42 Å². The first kappa shape index (κ1) is 13.0. The summed E-state index contributed by atoms with van der Waals surface area (Å²) in [7, 11) is -3.38. The topological polar surface area (TPSA) is 55.4 Å². The lowest BCUT2D eigenvalue weighted by Crippen LogP contribution is -2.22. The highest BCUT2D eigenvalue weighted by atomic mass is 79.9. The lowest BCUT2D eigenvalue weighted by molar-refractivity contribution is 0.0455. The van der Waals surface area contributed by atoms with Crippen molar-refractivity contribution in [1.82, 2.24) is 4.72 Å². The number of sulfonamides is 1. The van der Waals surface area contributed by atoms with Crippen molar-refractivity contribution in [2.75, 3.05) is 11.9 Å². The van der Waals surface area contributed by atoms with Crippen molar-refractivity contribution in [3.63, 3.8) is 0 Å². The molecule has 4 nitrogen and oxygen atoms in total. The van der Waals surface area contributed by atoms with Crippen molar-refractivity contribution in [3.05, 3.63) is 29.8 Å². The number of halogens is 1. The zero-order valence-electron chi connectivity index (χ0n) is 9.23. The minimum Gasteiger partial charge on any atom is -0.358 e. The van der Waals surface area contributed by atoms with E-state index >= 15 is 0 Å². The second kappa shape index (κ2) is 5.48. The van der Waals surface area contributed by atoms with E-state index in [2.05, 4.69) is 20.7 Å². The van der Waals surface area contributed by atoms with Crippen molar-refractivity contribution in [2.45, 2.75) is 24.0 Å². The van der Waals surface area contributed by atoms with Crippen LogP contribution in [0, 0.1) is 0 Å². The van der Waals surface area contributed by atoms with Crippen molar-refractivity contribution < 1.29 is 13.2 Å². The van der Waals surface area contributed by atoms with E-state index in [1.54, 1.807) is 18.2 Å². The Balaban J connectivity index is 2.07. The van der Waals surface area contributed by atoms with Crippen molar-refractivity contribution in [3.8, 4) is 0 Å². The van der Waals surface area contributed by atoms with Gasteiger partial charge in [0, 0.05) is 17.5 Å². The molecule has 1 atom stereocenters. The monoisotopic (exact) mass is 319 g/mol. The summed E-state index contributed by atoms with van der Waals surface area (Å²) in [6.45, 7) is 0.549. The highest BCUT2D eigenvalue weighted by molar-refractivity contribution is 9.09. The van der Waals surface area contributed by atoms with Gasteiger partial charge in [-0.25, -0.2) is 8.42 Å². The molecule has 1 aliphatic rings. The van der Waals surface area contributed by atoms with Gasteiger partial charge in [-0.1, -0.05) is 34.1 Å². The van der Waals surface area contributed by atoms with Crippen LogP contribution in [0.15, 0.2) is 29.2 Å². The third-order valence-electron chi connectivity index (χ3n) is 2.57. The Labute approximate surface area is 110 Å². The van der Waals surface area contributed by atoms with Gasteiger partial charge in [0.15, 0.2) is 0 Å². The normalized spacial score (nSPS) is 21.4. The maximum atomic E-state index is 11.8. The number of nitrogens with one attached hydrogen (secondary N) is 1. The summed E-state index contributed by atoms with van der Waals surface area (Å²) in [5.74, 6) is 0. The summed E-state index contributed by atoms with van der Waals surface area (Å²) < 4.78 is 31.6. The molecule has 1 heterocycles. The number of benzene rings is 1. The number of fused-ring (bicyclic) bond motifs is 1. The molecule has 2 rings (SSSR count). The fourth-order valence-electron chi connectivity index (χ4n) is 1.73. The van der Waals surface area contributed by atoms with Gasteiger partial charge in [0.05, 0.1) is 4.90 Å². The first-order valence-corrected chi connectivity index (χ1v) is 8.04. The second-order valence-corrected chi connectivity index (χ2v) is 6.28. The van der Waals surface area contributed by atoms with E-state index < -0.39 is 16.3 Å².